The molecular weight excluding hydrogens is 270 g/mol. The van der Waals surface area contributed by atoms with E-state index in [1.807, 2.05) is 0 Å². The third kappa shape index (κ3) is 8.70. The lowest BCUT2D eigenvalue weighted by molar-refractivity contribution is 0.188. The number of hydrogen-bond donors (Lipinski definition) is 3. The molecule has 1 saturated heterocycles. The molecule has 0 spiro atoms. The molecule has 6 nitrogen and oxygen atoms in total. The standard InChI is InChI=1S/C15H33N3O3/c19-13-1-4-16-7-9-17(5-2-14-20)11-12-18(10-8-16)6-3-15-21/h19-21H,1-15H2. The predicted molar refractivity (Wildman–Crippen MR) is 84.4 cm³/mol. The Balaban J connectivity index is 2.49. The van der Waals surface area contributed by atoms with Gasteiger partial charge in [-0.2, -0.15) is 0 Å². The highest BCUT2D eigenvalue weighted by molar-refractivity contribution is 4.71. The van der Waals surface area contributed by atoms with Gasteiger partial charge in [-0.15, -0.1) is 0 Å². The van der Waals surface area contributed by atoms with Crippen molar-refractivity contribution in [2.75, 3.05) is 78.7 Å². The second-order valence-corrected chi connectivity index (χ2v) is 5.76. The van der Waals surface area contributed by atoms with Gasteiger partial charge in [0.2, 0.25) is 0 Å². The Morgan fingerprint density at radius 1 is 0.476 bits per heavy atom. The summed E-state index contributed by atoms with van der Waals surface area (Å²) < 4.78 is 0. The predicted octanol–water partition coefficient (Wildman–Crippen LogP) is -0.947. The monoisotopic (exact) mass is 303 g/mol. The highest BCUT2D eigenvalue weighted by Gasteiger charge is 2.15. The molecule has 0 radical (unpaired) electrons. The van der Waals surface area contributed by atoms with E-state index in [9.17, 15) is 0 Å². The van der Waals surface area contributed by atoms with E-state index in [0.29, 0.717) is 0 Å². The van der Waals surface area contributed by atoms with Crippen LogP contribution >= 0.6 is 0 Å². The van der Waals surface area contributed by atoms with Crippen molar-refractivity contribution in [1.82, 2.24) is 14.7 Å². The largest absolute Gasteiger partial charge is 0.396 e. The molecule has 126 valence electrons. The summed E-state index contributed by atoms with van der Waals surface area (Å²) in [5.41, 5.74) is 0. The van der Waals surface area contributed by atoms with E-state index in [-0.39, 0.29) is 19.8 Å². The maximum absolute atomic E-state index is 9.01. The Kier molecular flexibility index (Phi) is 11.0. The maximum Gasteiger partial charge on any atom is 0.0443 e. The van der Waals surface area contributed by atoms with Crippen LogP contribution in [0.25, 0.3) is 0 Å². The average Bonchev–Trinajstić information content (AvgIpc) is 2.60. The quantitative estimate of drug-likeness (QED) is 0.510. The zero-order valence-corrected chi connectivity index (χ0v) is 13.3. The molecule has 0 aliphatic carbocycles. The molecule has 3 N–H and O–H groups in total. The third-order valence-electron chi connectivity index (χ3n) is 4.09. The average molecular weight is 303 g/mol. The topological polar surface area (TPSA) is 70.4 Å². The summed E-state index contributed by atoms with van der Waals surface area (Å²) in [6, 6.07) is 0. The van der Waals surface area contributed by atoms with Gasteiger partial charge in [0.25, 0.3) is 0 Å². The number of aliphatic hydroxyl groups excluding tert-OH is 3. The van der Waals surface area contributed by atoms with Crippen LogP contribution in [0.15, 0.2) is 0 Å². The second-order valence-electron chi connectivity index (χ2n) is 5.76. The fraction of sp³-hybridized carbons (Fsp3) is 1.00. The van der Waals surface area contributed by atoms with Crippen LogP contribution in [-0.2, 0) is 0 Å². The zero-order chi connectivity index (χ0) is 15.3. The summed E-state index contributed by atoms with van der Waals surface area (Å²) in [6.45, 7) is 9.74. The molecule has 1 fully saturated rings. The van der Waals surface area contributed by atoms with Crippen LogP contribution in [-0.4, -0.2) is 109 Å². The van der Waals surface area contributed by atoms with E-state index in [1.165, 1.54) is 0 Å². The van der Waals surface area contributed by atoms with Gasteiger partial charge in [0, 0.05) is 78.7 Å². The van der Waals surface area contributed by atoms with Gasteiger partial charge in [0.15, 0.2) is 0 Å². The van der Waals surface area contributed by atoms with Crippen molar-refractivity contribution in [3.63, 3.8) is 0 Å². The SMILES string of the molecule is OCCCN1CCN(CCCO)CCN(CCCO)CC1. The molecule has 0 aromatic carbocycles. The van der Waals surface area contributed by atoms with Gasteiger partial charge in [-0.3, -0.25) is 0 Å². The van der Waals surface area contributed by atoms with Crippen LogP contribution in [0.4, 0.5) is 0 Å². The van der Waals surface area contributed by atoms with E-state index in [4.69, 9.17) is 15.3 Å². The summed E-state index contributed by atoms with van der Waals surface area (Å²) in [5.74, 6) is 0. The van der Waals surface area contributed by atoms with Crippen molar-refractivity contribution < 1.29 is 15.3 Å². The van der Waals surface area contributed by atoms with E-state index in [0.717, 1.165) is 78.2 Å². The summed E-state index contributed by atoms with van der Waals surface area (Å²) >= 11 is 0. The lowest BCUT2D eigenvalue weighted by Crippen LogP contribution is -2.37. The Hall–Kier alpha value is -0.240. The highest BCUT2D eigenvalue weighted by atomic mass is 16.3. The first-order valence-electron chi connectivity index (χ1n) is 8.29. The lowest BCUT2D eigenvalue weighted by Gasteiger charge is -2.25. The summed E-state index contributed by atoms with van der Waals surface area (Å²) in [6.07, 6.45) is 2.48. The Labute approximate surface area is 129 Å². The van der Waals surface area contributed by atoms with Crippen LogP contribution in [0.3, 0.4) is 0 Å². The zero-order valence-electron chi connectivity index (χ0n) is 13.3. The van der Waals surface area contributed by atoms with Crippen LogP contribution in [0.5, 0.6) is 0 Å². The van der Waals surface area contributed by atoms with Crippen molar-refractivity contribution in [2.45, 2.75) is 19.3 Å². The molecule has 0 amide bonds. The summed E-state index contributed by atoms with van der Waals surface area (Å²) in [7, 11) is 0. The van der Waals surface area contributed by atoms with E-state index >= 15 is 0 Å². The normalized spacial score (nSPS) is 20.1. The van der Waals surface area contributed by atoms with E-state index in [2.05, 4.69) is 14.7 Å². The van der Waals surface area contributed by atoms with E-state index < -0.39 is 0 Å². The van der Waals surface area contributed by atoms with Crippen LogP contribution in [0, 0.1) is 0 Å². The Bertz CT molecular complexity index is 194. The van der Waals surface area contributed by atoms with Crippen molar-refractivity contribution in [3.05, 3.63) is 0 Å². The fourth-order valence-corrected chi connectivity index (χ4v) is 2.74. The minimum atomic E-state index is 0.249. The molecule has 6 heteroatoms. The minimum absolute atomic E-state index is 0.249. The van der Waals surface area contributed by atoms with Crippen molar-refractivity contribution in [3.8, 4) is 0 Å². The smallest absolute Gasteiger partial charge is 0.0443 e. The number of rotatable bonds is 9. The second kappa shape index (κ2) is 12.3. The first kappa shape index (κ1) is 18.8. The fourth-order valence-electron chi connectivity index (χ4n) is 2.74. The minimum Gasteiger partial charge on any atom is -0.396 e. The maximum atomic E-state index is 9.01. The molecule has 0 aromatic rings. The van der Waals surface area contributed by atoms with Gasteiger partial charge in [-0.05, 0) is 19.3 Å². The van der Waals surface area contributed by atoms with Gasteiger partial charge in [-0.1, -0.05) is 0 Å². The van der Waals surface area contributed by atoms with Crippen LogP contribution in [0.2, 0.25) is 0 Å². The molecule has 1 heterocycles. The molecule has 0 saturated carbocycles. The van der Waals surface area contributed by atoms with Crippen molar-refractivity contribution in [2.24, 2.45) is 0 Å². The molecule has 0 bridgehead atoms. The van der Waals surface area contributed by atoms with Crippen molar-refractivity contribution in [1.29, 1.82) is 0 Å². The molecule has 0 aromatic heterocycles. The van der Waals surface area contributed by atoms with Gasteiger partial charge in [0.05, 0.1) is 0 Å². The summed E-state index contributed by atoms with van der Waals surface area (Å²) in [5, 5.41) is 27.0. The van der Waals surface area contributed by atoms with Gasteiger partial charge in [-0.25, -0.2) is 0 Å². The van der Waals surface area contributed by atoms with Gasteiger partial charge in [0.1, 0.15) is 0 Å². The molecule has 21 heavy (non-hydrogen) atoms. The molecule has 1 rings (SSSR count). The third-order valence-corrected chi connectivity index (χ3v) is 4.09. The number of aliphatic hydroxyl groups is 3. The summed E-state index contributed by atoms with van der Waals surface area (Å²) in [4.78, 5) is 7.25. The first-order chi connectivity index (χ1) is 10.3. The first-order valence-corrected chi connectivity index (χ1v) is 8.29. The van der Waals surface area contributed by atoms with Crippen molar-refractivity contribution >= 4 is 0 Å². The lowest BCUT2D eigenvalue weighted by atomic mass is 10.3. The Morgan fingerprint density at radius 3 is 0.905 bits per heavy atom. The van der Waals surface area contributed by atoms with Gasteiger partial charge >= 0.3 is 0 Å². The molecule has 0 unspecified atom stereocenters. The Morgan fingerprint density at radius 2 is 0.714 bits per heavy atom. The van der Waals surface area contributed by atoms with Gasteiger partial charge < -0.3 is 30.0 Å². The molecule has 1 aliphatic heterocycles. The number of nitrogens with zero attached hydrogens (tertiary/aromatic N) is 3. The molecule has 0 atom stereocenters. The molecule has 1 aliphatic rings. The van der Waals surface area contributed by atoms with Crippen LogP contribution < -0.4 is 0 Å². The van der Waals surface area contributed by atoms with E-state index in [1.54, 1.807) is 0 Å². The molecular formula is C15H33N3O3. The van der Waals surface area contributed by atoms with Crippen LogP contribution in [0.1, 0.15) is 19.3 Å². The number of hydrogen-bond acceptors (Lipinski definition) is 6. The highest BCUT2D eigenvalue weighted by Crippen LogP contribution is 2.03.